The van der Waals surface area contributed by atoms with Gasteiger partial charge in [-0.15, -0.1) is 0 Å². The Bertz CT molecular complexity index is 1530. The van der Waals surface area contributed by atoms with Gasteiger partial charge in [-0.1, -0.05) is 42.3 Å². The molecule has 3 aromatic rings. The lowest BCUT2D eigenvalue weighted by atomic mass is 10.0. The lowest BCUT2D eigenvalue weighted by Gasteiger charge is -2.35. The van der Waals surface area contributed by atoms with Crippen LogP contribution in [0, 0.1) is 0 Å². The van der Waals surface area contributed by atoms with E-state index in [2.05, 4.69) is 15.6 Å². The number of pyridine rings is 1. The third-order valence-corrected chi connectivity index (χ3v) is 8.33. The number of anilines is 2. The molecule has 0 saturated carbocycles. The molecule has 206 valence electrons. The zero-order valence-corrected chi connectivity index (χ0v) is 22.5. The zero-order valence-electron chi connectivity index (χ0n) is 20.2. The lowest BCUT2D eigenvalue weighted by Crippen LogP contribution is -2.50. The number of nitrogens with one attached hydrogen (secondary N) is 2. The lowest BCUT2D eigenvalue weighted by molar-refractivity contribution is -0.137. The van der Waals surface area contributed by atoms with Crippen molar-refractivity contribution in [2.24, 2.45) is 0 Å². The summed E-state index contributed by atoms with van der Waals surface area (Å²) in [5.74, 6) is -1.01. The molecule has 1 aromatic heterocycles. The van der Waals surface area contributed by atoms with E-state index in [1.807, 2.05) is 0 Å². The molecule has 2 heterocycles. The van der Waals surface area contributed by atoms with Crippen molar-refractivity contribution in [1.82, 2.24) is 10.3 Å². The average molecular weight is 601 g/mol. The van der Waals surface area contributed by atoms with Crippen LogP contribution in [0.4, 0.5) is 24.5 Å². The fourth-order valence-electron chi connectivity index (χ4n) is 4.04. The van der Waals surface area contributed by atoms with E-state index in [1.165, 1.54) is 24.4 Å². The minimum atomic E-state index is -4.76. The molecule has 39 heavy (non-hydrogen) atoms. The third kappa shape index (κ3) is 6.13. The second-order valence-corrected chi connectivity index (χ2v) is 11.3. The molecule has 4 rings (SSSR count). The fourth-order valence-corrected chi connectivity index (χ4v) is 6.19. The molecule has 2 aromatic carbocycles. The number of amides is 2. The van der Waals surface area contributed by atoms with E-state index in [0.29, 0.717) is 6.07 Å². The first-order valence-electron chi connectivity index (χ1n) is 11.5. The van der Waals surface area contributed by atoms with Crippen LogP contribution in [0.5, 0.6) is 0 Å². The van der Waals surface area contributed by atoms with Gasteiger partial charge in [-0.3, -0.25) is 18.9 Å². The van der Waals surface area contributed by atoms with Crippen molar-refractivity contribution in [3.63, 3.8) is 0 Å². The van der Waals surface area contributed by atoms with Crippen LogP contribution in [0.15, 0.2) is 59.6 Å². The molecule has 0 bridgehead atoms. The van der Waals surface area contributed by atoms with Gasteiger partial charge in [-0.05, 0) is 36.4 Å². The maximum Gasteiger partial charge on any atom is 0.416 e. The highest BCUT2D eigenvalue weighted by Crippen LogP contribution is 2.36. The van der Waals surface area contributed by atoms with Crippen LogP contribution < -0.4 is 14.9 Å². The fraction of sp³-hybridized carbons (Fsp3) is 0.240. The number of carbonyl (C=O) groups excluding carboxylic acids is 2. The van der Waals surface area contributed by atoms with E-state index in [1.54, 1.807) is 13.0 Å². The number of fused-ring (bicyclic) bond motifs is 1. The van der Waals surface area contributed by atoms with Crippen molar-refractivity contribution in [3.8, 4) is 0 Å². The molecular formula is C25H21Cl2F3N4O4S. The Morgan fingerprint density at radius 1 is 1.10 bits per heavy atom. The SMILES string of the molecule is CCC(=O)N[C@H]1Cc2ncc(NC(=O)c3c(Cl)cccc3Cl)cc2N(S(=O)(=O)c2cccc(C(F)(F)F)c2)C1. The number of hydrogen-bond donors (Lipinski definition) is 2. The summed E-state index contributed by atoms with van der Waals surface area (Å²) < 4.78 is 68.2. The van der Waals surface area contributed by atoms with Crippen molar-refractivity contribution in [2.45, 2.75) is 36.9 Å². The van der Waals surface area contributed by atoms with Gasteiger partial charge >= 0.3 is 6.18 Å². The van der Waals surface area contributed by atoms with E-state index in [4.69, 9.17) is 23.2 Å². The minimum Gasteiger partial charge on any atom is -0.351 e. The smallest absolute Gasteiger partial charge is 0.351 e. The molecule has 0 aliphatic carbocycles. The summed E-state index contributed by atoms with van der Waals surface area (Å²) >= 11 is 12.2. The Morgan fingerprint density at radius 3 is 2.41 bits per heavy atom. The summed E-state index contributed by atoms with van der Waals surface area (Å²) in [5.41, 5.74) is -0.749. The highest BCUT2D eigenvalue weighted by molar-refractivity contribution is 7.92. The molecule has 14 heteroatoms. The molecule has 0 radical (unpaired) electrons. The Labute approximate surface area is 232 Å². The van der Waals surface area contributed by atoms with E-state index in [-0.39, 0.29) is 58.0 Å². The molecule has 2 N–H and O–H groups in total. The quantitative estimate of drug-likeness (QED) is 0.399. The maximum absolute atomic E-state index is 13.7. The van der Waals surface area contributed by atoms with E-state index in [9.17, 15) is 31.2 Å². The monoisotopic (exact) mass is 600 g/mol. The van der Waals surface area contributed by atoms with Crippen molar-refractivity contribution >= 4 is 56.4 Å². The van der Waals surface area contributed by atoms with Crippen molar-refractivity contribution < 1.29 is 31.2 Å². The van der Waals surface area contributed by atoms with Crippen molar-refractivity contribution in [1.29, 1.82) is 0 Å². The van der Waals surface area contributed by atoms with Gasteiger partial charge in [-0.25, -0.2) is 8.42 Å². The predicted octanol–water partition coefficient (Wildman–Crippen LogP) is 5.31. The predicted molar refractivity (Wildman–Crippen MR) is 141 cm³/mol. The Kier molecular flexibility index (Phi) is 8.10. The highest BCUT2D eigenvalue weighted by Gasteiger charge is 2.37. The molecular weight excluding hydrogens is 580 g/mol. The molecule has 1 atom stereocenters. The van der Waals surface area contributed by atoms with Crippen molar-refractivity contribution in [3.05, 3.63) is 81.6 Å². The molecule has 1 aliphatic rings. The highest BCUT2D eigenvalue weighted by atomic mass is 35.5. The largest absolute Gasteiger partial charge is 0.416 e. The number of halogens is 5. The van der Waals surface area contributed by atoms with E-state index in [0.717, 1.165) is 22.5 Å². The number of sulfonamides is 1. The van der Waals surface area contributed by atoms with Gasteiger partial charge in [0.2, 0.25) is 5.91 Å². The number of alkyl halides is 3. The van der Waals surface area contributed by atoms with Crippen molar-refractivity contribution in [2.75, 3.05) is 16.2 Å². The number of hydrogen-bond acceptors (Lipinski definition) is 5. The summed E-state index contributed by atoms with van der Waals surface area (Å²) in [6.07, 6.45) is -3.17. The van der Waals surface area contributed by atoms with Crippen LogP contribution in [0.3, 0.4) is 0 Å². The second kappa shape index (κ2) is 11.0. The normalized spacial score (nSPS) is 15.4. The summed E-state index contributed by atoms with van der Waals surface area (Å²) in [5, 5.41) is 5.47. The molecule has 0 spiro atoms. The van der Waals surface area contributed by atoms with Gasteiger partial charge < -0.3 is 10.6 Å². The summed E-state index contributed by atoms with van der Waals surface area (Å²) in [6, 6.07) is 8.52. The van der Waals surface area contributed by atoms with Crippen LogP contribution >= 0.6 is 23.2 Å². The first kappa shape index (κ1) is 28.7. The Morgan fingerprint density at radius 2 is 1.77 bits per heavy atom. The molecule has 0 unspecified atom stereocenters. The standard InChI is InChI=1S/C25H21Cl2F3N4O4S/c1-2-22(35)32-16-10-20-21(11-15(12-31-20)33-24(36)23-18(26)7-4-8-19(23)27)34(13-16)39(37,38)17-6-3-5-14(9-17)25(28,29)30/h3-9,11-12,16H,2,10,13H2,1H3,(H,32,35)(H,33,36)/t16-/m0/s1. The van der Waals surface area contributed by atoms with Gasteiger partial charge in [0.05, 0.1) is 61.9 Å². The second-order valence-electron chi connectivity index (χ2n) is 8.62. The van der Waals surface area contributed by atoms with Crippen LogP contribution in [0.25, 0.3) is 0 Å². The zero-order chi connectivity index (χ0) is 28.5. The summed E-state index contributed by atoms with van der Waals surface area (Å²) in [4.78, 5) is 28.6. The molecule has 0 saturated heterocycles. The number of carbonyl (C=O) groups is 2. The van der Waals surface area contributed by atoms with Gasteiger partial charge in [0.15, 0.2) is 0 Å². The number of rotatable bonds is 6. The topological polar surface area (TPSA) is 108 Å². The van der Waals surface area contributed by atoms with E-state index < -0.39 is 38.6 Å². The number of nitrogens with zero attached hydrogens (tertiary/aromatic N) is 2. The summed E-state index contributed by atoms with van der Waals surface area (Å²) in [6.45, 7) is 1.36. The molecule has 8 nitrogen and oxygen atoms in total. The minimum absolute atomic E-state index is 0.00524. The number of aromatic nitrogens is 1. The van der Waals surface area contributed by atoms with Gasteiger partial charge in [-0.2, -0.15) is 13.2 Å². The number of benzene rings is 2. The van der Waals surface area contributed by atoms with E-state index >= 15 is 0 Å². The van der Waals surface area contributed by atoms with Gasteiger partial charge in [0.1, 0.15) is 0 Å². The molecule has 0 fully saturated rings. The first-order chi connectivity index (χ1) is 18.3. The average Bonchev–Trinajstić information content (AvgIpc) is 2.87. The summed E-state index contributed by atoms with van der Waals surface area (Å²) in [7, 11) is -4.56. The maximum atomic E-state index is 13.7. The van der Waals surface area contributed by atoms with Gasteiger partial charge in [0, 0.05) is 12.8 Å². The van der Waals surface area contributed by atoms with Crippen LogP contribution in [-0.2, 0) is 27.4 Å². The Balaban J connectivity index is 1.76. The van der Waals surface area contributed by atoms with Gasteiger partial charge in [0.25, 0.3) is 15.9 Å². The Hall–Kier alpha value is -3.35. The van der Waals surface area contributed by atoms with Crippen LogP contribution in [0.2, 0.25) is 10.0 Å². The third-order valence-electron chi connectivity index (χ3n) is 5.93. The molecule has 2 amide bonds. The molecule has 1 aliphatic heterocycles. The van der Waals surface area contributed by atoms with Crippen LogP contribution in [0.1, 0.15) is 35.0 Å². The first-order valence-corrected chi connectivity index (χ1v) is 13.7. The van der Waals surface area contributed by atoms with Crippen LogP contribution in [-0.4, -0.2) is 37.8 Å².